The minimum absolute atomic E-state index is 0.0922. The number of hydrogen-bond acceptors (Lipinski definition) is 10. The number of carboxylic acid groups (broad SMARTS) is 1. The van der Waals surface area contributed by atoms with Crippen LogP contribution in [0.2, 0.25) is 0 Å². The van der Waals surface area contributed by atoms with E-state index in [0.29, 0.717) is 39.3 Å². The Morgan fingerprint density at radius 3 is 2.07 bits per heavy atom. The number of nitrogens with one attached hydrogen (secondary N) is 2. The highest BCUT2D eigenvalue weighted by Gasteiger charge is 2.03. The SMILES string of the molecule is NCCCCCC(=O)ONCCOCCOCC(=O)NCCOCCOCC(=O)O. The van der Waals surface area contributed by atoms with Crippen LogP contribution in [-0.4, -0.2) is 95.4 Å². The molecule has 30 heavy (non-hydrogen) atoms. The quantitative estimate of drug-likeness (QED) is 0.119. The molecule has 0 spiro atoms. The number of carbonyl (C=O) groups excluding carboxylic acids is 2. The van der Waals surface area contributed by atoms with Crippen LogP contribution in [0.5, 0.6) is 0 Å². The monoisotopic (exact) mass is 437 g/mol. The molecule has 1 amide bonds. The molecule has 5 N–H and O–H groups in total. The molecule has 0 aromatic heterocycles. The minimum atomic E-state index is -1.03. The summed E-state index contributed by atoms with van der Waals surface area (Å²) in [7, 11) is 0. The minimum Gasteiger partial charge on any atom is -0.480 e. The Hall–Kier alpha value is -1.83. The Kier molecular flexibility index (Phi) is 20.5. The summed E-state index contributed by atoms with van der Waals surface area (Å²) in [4.78, 5) is 37.9. The summed E-state index contributed by atoms with van der Waals surface area (Å²) in [6.07, 6.45) is 2.93. The highest BCUT2D eigenvalue weighted by Crippen LogP contribution is 1.99. The van der Waals surface area contributed by atoms with E-state index >= 15 is 0 Å². The molecule has 12 nitrogen and oxygen atoms in total. The number of aliphatic carboxylic acids is 1. The van der Waals surface area contributed by atoms with Gasteiger partial charge in [-0.15, -0.1) is 0 Å². The number of rotatable bonds is 22. The molecule has 0 aliphatic heterocycles. The van der Waals surface area contributed by atoms with Crippen molar-refractivity contribution in [1.82, 2.24) is 10.8 Å². The van der Waals surface area contributed by atoms with E-state index in [0.717, 1.165) is 19.3 Å². The van der Waals surface area contributed by atoms with Crippen LogP contribution in [0.25, 0.3) is 0 Å². The van der Waals surface area contributed by atoms with Gasteiger partial charge in [-0.25, -0.2) is 4.79 Å². The van der Waals surface area contributed by atoms with Crippen LogP contribution in [0.3, 0.4) is 0 Å². The predicted molar refractivity (Wildman–Crippen MR) is 106 cm³/mol. The topological polar surface area (TPSA) is 168 Å². The van der Waals surface area contributed by atoms with Crippen molar-refractivity contribution < 1.29 is 43.3 Å². The first-order valence-electron chi connectivity index (χ1n) is 9.98. The fourth-order valence-corrected chi connectivity index (χ4v) is 1.96. The van der Waals surface area contributed by atoms with E-state index in [1.165, 1.54) is 0 Å². The zero-order chi connectivity index (χ0) is 22.3. The summed E-state index contributed by atoms with van der Waals surface area (Å²) in [6.45, 7) is 2.46. The molecule has 0 fully saturated rings. The first kappa shape index (κ1) is 28.2. The van der Waals surface area contributed by atoms with Crippen LogP contribution in [0.4, 0.5) is 0 Å². The zero-order valence-electron chi connectivity index (χ0n) is 17.4. The van der Waals surface area contributed by atoms with E-state index in [4.69, 9.17) is 34.6 Å². The second-order valence-electron chi connectivity index (χ2n) is 6.04. The van der Waals surface area contributed by atoms with Gasteiger partial charge in [0.25, 0.3) is 0 Å². The van der Waals surface area contributed by atoms with Gasteiger partial charge < -0.3 is 39.9 Å². The third-order valence-electron chi connectivity index (χ3n) is 3.39. The van der Waals surface area contributed by atoms with Gasteiger partial charge in [0.05, 0.1) is 46.2 Å². The van der Waals surface area contributed by atoms with Gasteiger partial charge in [0, 0.05) is 13.0 Å². The first-order chi connectivity index (χ1) is 14.6. The number of hydroxylamine groups is 1. The molecule has 0 heterocycles. The van der Waals surface area contributed by atoms with Crippen LogP contribution >= 0.6 is 0 Å². The molecular weight excluding hydrogens is 402 g/mol. The molecule has 0 aromatic rings. The molecule has 0 aliphatic rings. The largest absolute Gasteiger partial charge is 0.480 e. The molecule has 176 valence electrons. The summed E-state index contributed by atoms with van der Waals surface area (Å²) >= 11 is 0. The van der Waals surface area contributed by atoms with Crippen molar-refractivity contribution in [2.24, 2.45) is 5.73 Å². The molecule has 0 radical (unpaired) electrons. The first-order valence-corrected chi connectivity index (χ1v) is 9.98. The van der Waals surface area contributed by atoms with Gasteiger partial charge in [-0.3, -0.25) is 9.59 Å². The molecule has 0 rings (SSSR count). The second kappa shape index (κ2) is 21.9. The smallest absolute Gasteiger partial charge is 0.329 e. The molecule has 0 atom stereocenters. The number of ether oxygens (including phenoxy) is 4. The second-order valence-corrected chi connectivity index (χ2v) is 6.04. The fraction of sp³-hybridized carbons (Fsp3) is 0.833. The van der Waals surface area contributed by atoms with E-state index < -0.39 is 5.97 Å². The maximum Gasteiger partial charge on any atom is 0.329 e. The number of nitrogens with two attached hydrogens (primary N) is 1. The molecular formula is C18H35N3O9. The van der Waals surface area contributed by atoms with Gasteiger partial charge >= 0.3 is 11.9 Å². The maximum absolute atomic E-state index is 11.5. The maximum atomic E-state index is 11.5. The standard InChI is InChI=1S/C18H35N3O9/c19-5-3-1-2-4-18(25)30-21-7-9-27-10-12-28-14-16(22)20-6-8-26-11-13-29-15-17(23)24/h21H,1-15,19H2,(H,20,22)(H,23,24). The average molecular weight is 437 g/mol. The lowest BCUT2D eigenvalue weighted by Gasteiger charge is -2.08. The number of carboxylic acids is 1. The van der Waals surface area contributed by atoms with E-state index in [2.05, 4.69) is 10.8 Å². The highest BCUT2D eigenvalue weighted by molar-refractivity contribution is 5.77. The van der Waals surface area contributed by atoms with Crippen molar-refractivity contribution >= 4 is 17.8 Å². The number of hydrogen-bond donors (Lipinski definition) is 4. The van der Waals surface area contributed by atoms with Crippen molar-refractivity contribution in [3.63, 3.8) is 0 Å². The Labute approximate surface area is 176 Å². The van der Waals surface area contributed by atoms with Gasteiger partial charge in [-0.2, -0.15) is 5.48 Å². The summed E-state index contributed by atoms with van der Waals surface area (Å²) in [5.41, 5.74) is 7.91. The Bertz CT molecular complexity index is 453. The molecule has 0 saturated heterocycles. The molecule has 0 aromatic carbocycles. The summed E-state index contributed by atoms with van der Waals surface area (Å²) in [5, 5.41) is 11.0. The van der Waals surface area contributed by atoms with Crippen LogP contribution in [-0.2, 0) is 38.2 Å². The van der Waals surface area contributed by atoms with Crippen molar-refractivity contribution in [1.29, 1.82) is 0 Å². The van der Waals surface area contributed by atoms with Crippen molar-refractivity contribution in [3.05, 3.63) is 0 Å². The van der Waals surface area contributed by atoms with E-state index in [1.54, 1.807) is 0 Å². The Balaban J connectivity index is 3.26. The normalized spacial score (nSPS) is 10.7. The van der Waals surface area contributed by atoms with Gasteiger partial charge in [0.15, 0.2) is 0 Å². The van der Waals surface area contributed by atoms with Gasteiger partial charge in [-0.1, -0.05) is 6.42 Å². The number of carbonyl (C=O) groups is 3. The lowest BCUT2D eigenvalue weighted by atomic mass is 10.2. The van der Waals surface area contributed by atoms with E-state index in [1.807, 2.05) is 0 Å². The predicted octanol–water partition coefficient (Wildman–Crippen LogP) is -1.18. The zero-order valence-corrected chi connectivity index (χ0v) is 17.4. The highest BCUT2D eigenvalue weighted by atomic mass is 16.7. The average Bonchev–Trinajstić information content (AvgIpc) is 2.71. The number of unbranched alkanes of at least 4 members (excludes halogenated alkanes) is 2. The fourth-order valence-electron chi connectivity index (χ4n) is 1.96. The van der Waals surface area contributed by atoms with Crippen molar-refractivity contribution in [2.45, 2.75) is 25.7 Å². The van der Waals surface area contributed by atoms with Gasteiger partial charge in [0.1, 0.15) is 13.2 Å². The van der Waals surface area contributed by atoms with Crippen LogP contribution in [0.1, 0.15) is 25.7 Å². The summed E-state index contributed by atoms with van der Waals surface area (Å²) in [5.74, 6) is -1.62. The van der Waals surface area contributed by atoms with Crippen molar-refractivity contribution in [3.8, 4) is 0 Å². The molecule has 12 heteroatoms. The van der Waals surface area contributed by atoms with Crippen LogP contribution in [0.15, 0.2) is 0 Å². The van der Waals surface area contributed by atoms with Crippen LogP contribution < -0.4 is 16.5 Å². The lowest BCUT2D eigenvalue weighted by Crippen LogP contribution is -2.31. The third kappa shape index (κ3) is 22.5. The van der Waals surface area contributed by atoms with Crippen LogP contribution in [0, 0.1) is 0 Å². The van der Waals surface area contributed by atoms with E-state index in [-0.39, 0.29) is 51.5 Å². The number of amides is 1. The van der Waals surface area contributed by atoms with Gasteiger partial charge in [0.2, 0.25) is 5.91 Å². The summed E-state index contributed by atoms with van der Waals surface area (Å²) < 4.78 is 20.4. The third-order valence-corrected chi connectivity index (χ3v) is 3.39. The molecule has 0 aliphatic carbocycles. The molecule has 0 bridgehead atoms. The Morgan fingerprint density at radius 1 is 0.767 bits per heavy atom. The van der Waals surface area contributed by atoms with E-state index in [9.17, 15) is 14.4 Å². The lowest BCUT2D eigenvalue weighted by molar-refractivity contribution is -0.151. The molecule has 0 unspecified atom stereocenters. The van der Waals surface area contributed by atoms with Crippen molar-refractivity contribution in [2.75, 3.05) is 72.5 Å². The summed E-state index contributed by atoms with van der Waals surface area (Å²) in [6, 6.07) is 0. The Morgan fingerprint density at radius 2 is 1.40 bits per heavy atom. The molecule has 0 saturated carbocycles. The van der Waals surface area contributed by atoms with Gasteiger partial charge in [-0.05, 0) is 19.4 Å².